The average molecular weight is 345 g/mol. The summed E-state index contributed by atoms with van der Waals surface area (Å²) in [6.07, 6.45) is 1.14. The highest BCUT2D eigenvalue weighted by atomic mass is 16.5. The number of carbonyl (C=O) groups is 1. The predicted octanol–water partition coefficient (Wildman–Crippen LogP) is 5.78. The van der Waals surface area contributed by atoms with E-state index in [9.17, 15) is 4.79 Å². The van der Waals surface area contributed by atoms with Crippen molar-refractivity contribution >= 4 is 11.6 Å². The molecule has 0 aromatic heterocycles. The molecule has 0 aliphatic rings. The number of hydrogen-bond donors (Lipinski definition) is 1. The Morgan fingerprint density at radius 1 is 0.885 bits per heavy atom. The Hall–Kier alpha value is -3.07. The van der Waals surface area contributed by atoms with Crippen LogP contribution in [0.5, 0.6) is 5.75 Å². The first kappa shape index (κ1) is 17.7. The quantitative estimate of drug-likeness (QED) is 0.614. The summed E-state index contributed by atoms with van der Waals surface area (Å²) in [7, 11) is 0. The minimum absolute atomic E-state index is 0.125. The van der Waals surface area contributed by atoms with Crippen LogP contribution in [0.25, 0.3) is 11.1 Å². The highest BCUT2D eigenvalue weighted by molar-refractivity contribution is 6.04. The fraction of sp³-hybridized carbons (Fsp3) is 0.174. The highest BCUT2D eigenvalue weighted by Gasteiger charge is 2.07. The fourth-order valence-corrected chi connectivity index (χ4v) is 2.58. The normalized spacial score (nSPS) is 11.6. The number of carbonyl (C=O) groups excluding carboxylic acids is 1. The molecule has 0 bridgehead atoms. The topological polar surface area (TPSA) is 38.3 Å². The number of amides is 1. The SMILES string of the molecule is CCC(C)Oc1ccc(NC(=O)c2ccc(-c3ccccc3)cc2)cc1. The molecule has 0 aliphatic heterocycles. The molecule has 0 fully saturated rings. The number of nitrogens with one attached hydrogen (secondary N) is 1. The zero-order valence-electron chi connectivity index (χ0n) is 15.1. The van der Waals surface area contributed by atoms with Crippen molar-refractivity contribution in [1.82, 2.24) is 0 Å². The maximum Gasteiger partial charge on any atom is 0.255 e. The van der Waals surface area contributed by atoms with E-state index in [1.165, 1.54) is 0 Å². The van der Waals surface area contributed by atoms with Gasteiger partial charge in [0.15, 0.2) is 0 Å². The fourth-order valence-electron chi connectivity index (χ4n) is 2.58. The monoisotopic (exact) mass is 345 g/mol. The van der Waals surface area contributed by atoms with E-state index >= 15 is 0 Å². The Morgan fingerprint density at radius 3 is 2.12 bits per heavy atom. The van der Waals surface area contributed by atoms with E-state index < -0.39 is 0 Å². The second kappa shape index (κ2) is 8.34. The van der Waals surface area contributed by atoms with Crippen LogP contribution in [0, 0.1) is 0 Å². The van der Waals surface area contributed by atoms with Crippen LogP contribution >= 0.6 is 0 Å². The van der Waals surface area contributed by atoms with Gasteiger partial charge in [-0.1, -0.05) is 49.4 Å². The summed E-state index contributed by atoms with van der Waals surface area (Å²) in [5.74, 6) is 0.685. The van der Waals surface area contributed by atoms with Gasteiger partial charge in [0.2, 0.25) is 0 Å². The molecule has 0 saturated heterocycles. The lowest BCUT2D eigenvalue weighted by atomic mass is 10.0. The molecule has 0 radical (unpaired) electrons. The van der Waals surface area contributed by atoms with Gasteiger partial charge in [-0.15, -0.1) is 0 Å². The lowest BCUT2D eigenvalue weighted by Crippen LogP contribution is -2.12. The molecule has 26 heavy (non-hydrogen) atoms. The van der Waals surface area contributed by atoms with Crippen molar-refractivity contribution in [2.24, 2.45) is 0 Å². The first-order valence-corrected chi connectivity index (χ1v) is 8.89. The van der Waals surface area contributed by atoms with E-state index in [1.807, 2.05) is 73.7 Å². The second-order valence-corrected chi connectivity index (χ2v) is 6.26. The second-order valence-electron chi connectivity index (χ2n) is 6.26. The maximum atomic E-state index is 12.4. The van der Waals surface area contributed by atoms with Crippen LogP contribution in [0.2, 0.25) is 0 Å². The van der Waals surface area contributed by atoms with Gasteiger partial charge in [0.05, 0.1) is 6.10 Å². The van der Waals surface area contributed by atoms with Gasteiger partial charge in [0, 0.05) is 11.3 Å². The number of hydrogen-bond acceptors (Lipinski definition) is 2. The van der Waals surface area contributed by atoms with Crippen LogP contribution in [0.4, 0.5) is 5.69 Å². The molecule has 1 atom stereocenters. The maximum absolute atomic E-state index is 12.4. The van der Waals surface area contributed by atoms with Gasteiger partial charge in [0.25, 0.3) is 5.91 Å². The molecule has 132 valence electrons. The van der Waals surface area contributed by atoms with Crippen molar-refractivity contribution in [2.75, 3.05) is 5.32 Å². The van der Waals surface area contributed by atoms with Crippen LogP contribution in [-0.2, 0) is 0 Å². The molecule has 1 amide bonds. The summed E-state index contributed by atoms with van der Waals surface area (Å²) in [6, 6.07) is 25.2. The van der Waals surface area contributed by atoms with Gasteiger partial charge in [-0.25, -0.2) is 0 Å². The van der Waals surface area contributed by atoms with Crippen molar-refractivity contribution in [3.05, 3.63) is 84.4 Å². The standard InChI is InChI=1S/C23H23NO2/c1-3-17(2)26-22-15-13-21(14-16-22)24-23(25)20-11-9-19(10-12-20)18-7-5-4-6-8-18/h4-17H,3H2,1-2H3,(H,24,25). The molecule has 3 heteroatoms. The van der Waals surface area contributed by atoms with E-state index in [-0.39, 0.29) is 12.0 Å². The Labute approximate surface area is 154 Å². The lowest BCUT2D eigenvalue weighted by molar-refractivity contribution is 0.102. The van der Waals surface area contributed by atoms with Crippen molar-refractivity contribution in [3.8, 4) is 16.9 Å². The van der Waals surface area contributed by atoms with Gasteiger partial charge >= 0.3 is 0 Å². The molecule has 3 nitrogen and oxygen atoms in total. The van der Waals surface area contributed by atoms with Crippen molar-refractivity contribution < 1.29 is 9.53 Å². The van der Waals surface area contributed by atoms with Crippen molar-refractivity contribution in [1.29, 1.82) is 0 Å². The summed E-state index contributed by atoms with van der Waals surface area (Å²) in [6.45, 7) is 4.12. The lowest BCUT2D eigenvalue weighted by Gasteiger charge is -2.13. The van der Waals surface area contributed by atoms with Crippen molar-refractivity contribution in [3.63, 3.8) is 0 Å². The zero-order valence-corrected chi connectivity index (χ0v) is 15.1. The van der Waals surface area contributed by atoms with E-state index in [0.29, 0.717) is 5.56 Å². The summed E-state index contributed by atoms with van der Waals surface area (Å²) < 4.78 is 5.75. The van der Waals surface area contributed by atoms with E-state index in [1.54, 1.807) is 0 Å². The molecule has 1 unspecified atom stereocenters. The van der Waals surface area contributed by atoms with Crippen LogP contribution in [0.15, 0.2) is 78.9 Å². The van der Waals surface area contributed by atoms with Gasteiger partial charge in [-0.05, 0) is 60.9 Å². The summed E-state index contributed by atoms with van der Waals surface area (Å²) in [5, 5.41) is 2.92. The first-order valence-electron chi connectivity index (χ1n) is 8.89. The van der Waals surface area contributed by atoms with Crippen LogP contribution in [-0.4, -0.2) is 12.0 Å². The number of ether oxygens (including phenoxy) is 1. The molecule has 0 spiro atoms. The zero-order chi connectivity index (χ0) is 18.4. The van der Waals surface area contributed by atoms with Gasteiger partial charge < -0.3 is 10.1 Å². The van der Waals surface area contributed by atoms with Gasteiger partial charge in [-0.2, -0.15) is 0 Å². The molecule has 0 aliphatic carbocycles. The van der Waals surface area contributed by atoms with Crippen LogP contribution in [0.1, 0.15) is 30.6 Å². The third kappa shape index (κ3) is 4.51. The summed E-state index contributed by atoms with van der Waals surface area (Å²) in [5.41, 5.74) is 3.60. The highest BCUT2D eigenvalue weighted by Crippen LogP contribution is 2.21. The molecular weight excluding hydrogens is 322 g/mol. The summed E-state index contributed by atoms with van der Waals surface area (Å²) in [4.78, 5) is 12.4. The molecule has 0 saturated carbocycles. The van der Waals surface area contributed by atoms with E-state index in [2.05, 4.69) is 24.4 Å². The number of anilines is 1. The van der Waals surface area contributed by atoms with Gasteiger partial charge in [0.1, 0.15) is 5.75 Å². The smallest absolute Gasteiger partial charge is 0.255 e. The Morgan fingerprint density at radius 2 is 1.50 bits per heavy atom. The summed E-state index contributed by atoms with van der Waals surface area (Å²) >= 11 is 0. The molecule has 3 aromatic rings. The number of benzene rings is 3. The third-order valence-electron chi connectivity index (χ3n) is 4.28. The third-order valence-corrected chi connectivity index (χ3v) is 4.28. The van der Waals surface area contributed by atoms with Crippen LogP contribution in [0.3, 0.4) is 0 Å². The first-order chi connectivity index (χ1) is 12.7. The Kier molecular flexibility index (Phi) is 5.69. The van der Waals surface area contributed by atoms with Crippen LogP contribution < -0.4 is 10.1 Å². The van der Waals surface area contributed by atoms with E-state index in [4.69, 9.17) is 4.74 Å². The largest absolute Gasteiger partial charge is 0.491 e. The molecule has 3 rings (SSSR count). The molecular formula is C23H23NO2. The molecule has 3 aromatic carbocycles. The van der Waals surface area contributed by atoms with Crippen molar-refractivity contribution in [2.45, 2.75) is 26.4 Å². The average Bonchev–Trinajstić information content (AvgIpc) is 2.70. The number of rotatable bonds is 6. The van der Waals surface area contributed by atoms with E-state index in [0.717, 1.165) is 29.0 Å². The molecule has 1 N–H and O–H groups in total. The minimum Gasteiger partial charge on any atom is -0.491 e. The molecule has 0 heterocycles. The predicted molar refractivity (Wildman–Crippen MR) is 107 cm³/mol. The Balaban J connectivity index is 1.64. The van der Waals surface area contributed by atoms with Gasteiger partial charge in [-0.3, -0.25) is 4.79 Å². The Bertz CT molecular complexity index is 840. The minimum atomic E-state index is -0.125.